The van der Waals surface area contributed by atoms with Crippen molar-refractivity contribution in [3.05, 3.63) is 11.8 Å². The minimum atomic E-state index is 0.233. The summed E-state index contributed by atoms with van der Waals surface area (Å²) in [6, 6.07) is 0.359. The Morgan fingerprint density at radius 3 is 2.55 bits per heavy atom. The van der Waals surface area contributed by atoms with Crippen LogP contribution in [0.4, 0.5) is 0 Å². The number of nitrogens with zero attached hydrogens (tertiary/aromatic N) is 1. The molecular formula is C17H32N2O. The average Bonchev–Trinajstić information content (AvgIpc) is 2.49. The van der Waals surface area contributed by atoms with E-state index in [-0.39, 0.29) is 5.54 Å². The molecule has 0 aromatic carbocycles. The van der Waals surface area contributed by atoms with Crippen LogP contribution >= 0.6 is 0 Å². The molecular weight excluding hydrogens is 248 g/mol. The van der Waals surface area contributed by atoms with Crippen LogP contribution in [-0.4, -0.2) is 43.7 Å². The molecule has 1 aliphatic carbocycles. The van der Waals surface area contributed by atoms with Crippen LogP contribution in [0.15, 0.2) is 11.8 Å². The molecule has 0 saturated heterocycles. The van der Waals surface area contributed by atoms with Crippen molar-refractivity contribution in [3.8, 4) is 0 Å². The minimum Gasteiger partial charge on any atom is -0.497 e. The Labute approximate surface area is 124 Å². The first-order chi connectivity index (χ1) is 9.70. The van der Waals surface area contributed by atoms with Gasteiger partial charge in [-0.2, -0.15) is 0 Å². The number of likely N-dealkylation sites (N-methyl/N-ethyl adjacent to an activating group) is 1. The van der Waals surface area contributed by atoms with Crippen molar-refractivity contribution in [2.75, 3.05) is 27.2 Å². The number of hydrogen-bond donors (Lipinski definition) is 1. The highest BCUT2D eigenvalue weighted by molar-refractivity contribution is 5.17. The molecule has 0 aromatic heterocycles. The lowest BCUT2D eigenvalue weighted by Gasteiger charge is -2.49. The van der Waals surface area contributed by atoms with Crippen molar-refractivity contribution in [1.29, 1.82) is 0 Å². The van der Waals surface area contributed by atoms with Gasteiger partial charge in [0.2, 0.25) is 0 Å². The van der Waals surface area contributed by atoms with Gasteiger partial charge in [-0.3, -0.25) is 0 Å². The Balaban J connectivity index is 2.23. The lowest BCUT2D eigenvalue weighted by atomic mass is 9.74. The molecule has 3 nitrogen and oxygen atoms in total. The number of rotatable bonds is 6. The van der Waals surface area contributed by atoms with E-state index in [4.69, 9.17) is 4.74 Å². The third-order valence-corrected chi connectivity index (χ3v) is 4.99. The topological polar surface area (TPSA) is 24.5 Å². The van der Waals surface area contributed by atoms with Crippen LogP contribution in [0.5, 0.6) is 0 Å². The molecule has 1 N–H and O–H groups in total. The second-order valence-electron chi connectivity index (χ2n) is 6.54. The Bertz CT molecular complexity index is 319. The van der Waals surface area contributed by atoms with Gasteiger partial charge in [0.1, 0.15) is 5.76 Å². The maximum Gasteiger partial charge on any atom is 0.111 e. The number of hydrogen-bond acceptors (Lipinski definition) is 3. The van der Waals surface area contributed by atoms with Gasteiger partial charge in [-0.15, -0.1) is 0 Å². The van der Waals surface area contributed by atoms with E-state index < -0.39 is 0 Å². The molecule has 1 saturated carbocycles. The fraction of sp³-hybridized carbons (Fsp3) is 0.882. The van der Waals surface area contributed by atoms with Gasteiger partial charge in [0.25, 0.3) is 0 Å². The second kappa shape index (κ2) is 7.46. The Hall–Kier alpha value is -0.540. The molecule has 2 rings (SSSR count). The molecule has 116 valence electrons. The van der Waals surface area contributed by atoms with Crippen molar-refractivity contribution in [3.63, 3.8) is 0 Å². The zero-order chi connectivity index (χ0) is 14.4. The van der Waals surface area contributed by atoms with Crippen LogP contribution in [0.2, 0.25) is 0 Å². The van der Waals surface area contributed by atoms with Gasteiger partial charge in [-0.25, -0.2) is 0 Å². The van der Waals surface area contributed by atoms with E-state index in [0.29, 0.717) is 6.04 Å². The Morgan fingerprint density at radius 2 is 2.00 bits per heavy atom. The molecule has 0 spiro atoms. The molecule has 0 aromatic rings. The molecule has 0 radical (unpaired) electrons. The largest absolute Gasteiger partial charge is 0.497 e. The van der Waals surface area contributed by atoms with Crippen molar-refractivity contribution in [2.45, 2.75) is 69.9 Å². The molecule has 2 aliphatic rings. The highest BCUT2D eigenvalue weighted by Gasteiger charge is 2.44. The van der Waals surface area contributed by atoms with Crippen molar-refractivity contribution >= 4 is 0 Å². The molecule has 1 aliphatic heterocycles. The second-order valence-corrected chi connectivity index (χ2v) is 6.54. The molecule has 3 heteroatoms. The maximum atomic E-state index is 6.04. The SMILES string of the molecule is CCCNC(C1=CCCCO1)C1(N(C)C)CCCCC1. The lowest BCUT2D eigenvalue weighted by Crippen LogP contribution is -2.61. The van der Waals surface area contributed by atoms with E-state index in [0.717, 1.165) is 13.2 Å². The van der Waals surface area contributed by atoms with E-state index in [1.165, 1.54) is 57.1 Å². The van der Waals surface area contributed by atoms with Gasteiger partial charge < -0.3 is 15.0 Å². The summed E-state index contributed by atoms with van der Waals surface area (Å²) in [6.07, 6.45) is 12.5. The third kappa shape index (κ3) is 3.37. The number of nitrogens with one attached hydrogen (secondary N) is 1. The molecule has 1 fully saturated rings. The van der Waals surface area contributed by atoms with Gasteiger partial charge in [0.05, 0.1) is 12.6 Å². The standard InChI is InChI=1S/C17H32N2O/c1-4-13-18-16(15-10-6-9-14-20-15)17(19(2)3)11-7-5-8-12-17/h10,16,18H,4-9,11-14H2,1-3H3. The minimum absolute atomic E-state index is 0.233. The quantitative estimate of drug-likeness (QED) is 0.808. The lowest BCUT2D eigenvalue weighted by molar-refractivity contribution is 0.0377. The van der Waals surface area contributed by atoms with Crippen molar-refractivity contribution < 1.29 is 4.74 Å². The number of ether oxygens (including phenoxy) is 1. The third-order valence-electron chi connectivity index (χ3n) is 4.99. The Morgan fingerprint density at radius 1 is 1.25 bits per heavy atom. The summed E-state index contributed by atoms with van der Waals surface area (Å²) in [4.78, 5) is 2.46. The van der Waals surface area contributed by atoms with Gasteiger partial charge in [-0.1, -0.05) is 26.2 Å². The molecule has 1 atom stereocenters. The summed E-state index contributed by atoms with van der Waals surface area (Å²) in [7, 11) is 4.49. The summed E-state index contributed by atoms with van der Waals surface area (Å²) in [5.41, 5.74) is 0.233. The van der Waals surface area contributed by atoms with Crippen LogP contribution in [0.25, 0.3) is 0 Å². The van der Waals surface area contributed by atoms with Crippen molar-refractivity contribution in [1.82, 2.24) is 10.2 Å². The van der Waals surface area contributed by atoms with E-state index in [1.807, 2.05) is 0 Å². The highest BCUT2D eigenvalue weighted by Crippen LogP contribution is 2.38. The van der Waals surface area contributed by atoms with Gasteiger partial charge >= 0.3 is 0 Å². The first-order valence-electron chi connectivity index (χ1n) is 8.44. The van der Waals surface area contributed by atoms with Crippen LogP contribution in [0.3, 0.4) is 0 Å². The molecule has 1 unspecified atom stereocenters. The predicted octanol–water partition coefficient (Wildman–Crippen LogP) is 3.31. The van der Waals surface area contributed by atoms with Crippen LogP contribution in [0.1, 0.15) is 58.3 Å². The molecule has 1 heterocycles. The highest BCUT2D eigenvalue weighted by atomic mass is 16.5. The van der Waals surface area contributed by atoms with Gasteiger partial charge in [0, 0.05) is 5.54 Å². The zero-order valence-electron chi connectivity index (χ0n) is 13.6. The summed E-state index contributed by atoms with van der Waals surface area (Å²) in [5.74, 6) is 1.21. The van der Waals surface area contributed by atoms with Crippen LogP contribution in [0, 0.1) is 0 Å². The normalized spacial score (nSPS) is 24.1. The molecule has 0 amide bonds. The maximum absolute atomic E-state index is 6.04. The fourth-order valence-corrected chi connectivity index (χ4v) is 3.78. The van der Waals surface area contributed by atoms with E-state index in [1.54, 1.807) is 0 Å². The number of allylic oxidation sites excluding steroid dienone is 1. The molecule has 20 heavy (non-hydrogen) atoms. The smallest absolute Gasteiger partial charge is 0.111 e. The summed E-state index contributed by atoms with van der Waals surface area (Å²) < 4.78 is 6.04. The van der Waals surface area contributed by atoms with Crippen LogP contribution < -0.4 is 5.32 Å². The van der Waals surface area contributed by atoms with Gasteiger partial charge in [-0.05, 0) is 58.8 Å². The summed E-state index contributed by atoms with van der Waals surface area (Å²) in [5, 5.41) is 3.80. The molecule has 0 bridgehead atoms. The van der Waals surface area contributed by atoms with E-state index >= 15 is 0 Å². The Kier molecular flexibility index (Phi) is 5.91. The average molecular weight is 280 g/mol. The zero-order valence-corrected chi connectivity index (χ0v) is 13.6. The first kappa shape index (κ1) is 15.8. The summed E-state index contributed by atoms with van der Waals surface area (Å²) in [6.45, 7) is 4.20. The van der Waals surface area contributed by atoms with E-state index in [9.17, 15) is 0 Å². The fourth-order valence-electron chi connectivity index (χ4n) is 3.78. The van der Waals surface area contributed by atoms with E-state index in [2.05, 4.69) is 37.3 Å². The first-order valence-corrected chi connectivity index (χ1v) is 8.44. The predicted molar refractivity (Wildman–Crippen MR) is 84.9 cm³/mol. The monoisotopic (exact) mass is 280 g/mol. The van der Waals surface area contributed by atoms with Crippen LogP contribution in [-0.2, 0) is 4.74 Å². The summed E-state index contributed by atoms with van der Waals surface area (Å²) >= 11 is 0. The van der Waals surface area contributed by atoms with Crippen molar-refractivity contribution in [2.24, 2.45) is 0 Å². The van der Waals surface area contributed by atoms with Gasteiger partial charge in [0.15, 0.2) is 0 Å².